The van der Waals surface area contributed by atoms with Gasteiger partial charge in [0.15, 0.2) is 17.5 Å². The number of ether oxygens (including phenoxy) is 2. The van der Waals surface area contributed by atoms with Gasteiger partial charge in [0, 0.05) is 37.2 Å². The Hall–Kier alpha value is -2.70. The van der Waals surface area contributed by atoms with Crippen LogP contribution in [-0.2, 0) is 6.54 Å². The summed E-state index contributed by atoms with van der Waals surface area (Å²) in [6, 6.07) is 7.39. The van der Waals surface area contributed by atoms with Crippen molar-refractivity contribution < 1.29 is 9.47 Å². The molecule has 124 valence electrons. The van der Waals surface area contributed by atoms with Gasteiger partial charge < -0.3 is 20.5 Å². The third-order valence-corrected chi connectivity index (χ3v) is 3.29. The minimum Gasteiger partial charge on any atom is -0.493 e. The van der Waals surface area contributed by atoms with Gasteiger partial charge in [0.2, 0.25) is 0 Å². The summed E-state index contributed by atoms with van der Waals surface area (Å²) in [5, 5.41) is 7.23. The summed E-state index contributed by atoms with van der Waals surface area (Å²) < 4.78 is 12.3. The molecule has 1 unspecified atom stereocenters. The zero-order valence-electron chi connectivity index (χ0n) is 13.7. The monoisotopic (exact) mass is 317 g/mol. The number of nitrogens with zero attached hydrogens (tertiary/aromatic N) is 3. The molecule has 0 bridgehead atoms. The fourth-order valence-electron chi connectivity index (χ4n) is 2.14. The second kappa shape index (κ2) is 8.07. The van der Waals surface area contributed by atoms with E-state index in [0.29, 0.717) is 29.9 Å². The van der Waals surface area contributed by atoms with Crippen molar-refractivity contribution in [2.75, 3.05) is 26.1 Å². The highest BCUT2D eigenvalue weighted by Gasteiger charge is 2.06. The number of aliphatic imine (C=N–C) groups is 1. The first-order valence-electron chi connectivity index (χ1n) is 7.38. The van der Waals surface area contributed by atoms with Gasteiger partial charge in [0.05, 0.1) is 14.2 Å². The number of methoxy groups -OCH3 is 2. The Morgan fingerprint density at radius 2 is 2.13 bits per heavy atom. The zero-order valence-corrected chi connectivity index (χ0v) is 13.7. The van der Waals surface area contributed by atoms with Gasteiger partial charge in [-0.25, -0.2) is 0 Å². The number of hydrogen-bond donors (Lipinski definition) is 2. The van der Waals surface area contributed by atoms with Gasteiger partial charge in [0.1, 0.15) is 0 Å². The van der Waals surface area contributed by atoms with E-state index in [2.05, 4.69) is 22.3 Å². The van der Waals surface area contributed by atoms with Crippen LogP contribution in [0.5, 0.6) is 11.5 Å². The van der Waals surface area contributed by atoms with Crippen molar-refractivity contribution in [3.8, 4) is 11.5 Å². The molecule has 7 heteroatoms. The fraction of sp³-hybridized carbons (Fsp3) is 0.375. The van der Waals surface area contributed by atoms with Crippen LogP contribution >= 0.6 is 0 Å². The van der Waals surface area contributed by atoms with Gasteiger partial charge in [-0.05, 0) is 24.1 Å². The van der Waals surface area contributed by atoms with Crippen molar-refractivity contribution in [2.45, 2.75) is 13.5 Å². The Labute approximate surface area is 136 Å². The summed E-state index contributed by atoms with van der Waals surface area (Å²) in [5.41, 5.74) is 6.73. The van der Waals surface area contributed by atoms with E-state index >= 15 is 0 Å². The lowest BCUT2D eigenvalue weighted by Gasteiger charge is -2.12. The summed E-state index contributed by atoms with van der Waals surface area (Å²) in [5.74, 6) is 2.00. The topological polar surface area (TPSA) is 86.7 Å². The zero-order chi connectivity index (χ0) is 16.7. The van der Waals surface area contributed by atoms with Gasteiger partial charge >= 0.3 is 0 Å². The summed E-state index contributed by atoms with van der Waals surface area (Å²) in [6.45, 7) is 3.53. The molecule has 23 heavy (non-hydrogen) atoms. The van der Waals surface area contributed by atoms with Crippen LogP contribution < -0.4 is 20.5 Å². The van der Waals surface area contributed by atoms with Crippen LogP contribution in [0.3, 0.4) is 0 Å². The number of guanidine groups is 1. The van der Waals surface area contributed by atoms with E-state index in [1.165, 1.54) is 0 Å². The van der Waals surface area contributed by atoms with Crippen molar-refractivity contribution >= 4 is 11.6 Å². The summed E-state index contributed by atoms with van der Waals surface area (Å²) >= 11 is 0. The fourth-order valence-corrected chi connectivity index (χ4v) is 2.14. The molecule has 0 amide bonds. The lowest BCUT2D eigenvalue weighted by atomic mass is 10.2. The van der Waals surface area contributed by atoms with E-state index in [1.54, 1.807) is 20.4 Å². The maximum atomic E-state index is 5.93. The van der Waals surface area contributed by atoms with Crippen molar-refractivity contribution in [1.29, 1.82) is 0 Å². The van der Waals surface area contributed by atoms with Crippen LogP contribution in [0.4, 0.5) is 5.69 Å². The Morgan fingerprint density at radius 1 is 1.35 bits per heavy atom. The van der Waals surface area contributed by atoms with Crippen LogP contribution in [0.15, 0.2) is 41.7 Å². The van der Waals surface area contributed by atoms with E-state index in [4.69, 9.17) is 15.2 Å². The predicted molar refractivity (Wildman–Crippen MR) is 91.0 cm³/mol. The molecule has 0 radical (unpaired) electrons. The SMILES string of the molecule is COc1ccc(NC(N)=NCC(C)Cn2cccn2)cc1OC. The van der Waals surface area contributed by atoms with E-state index < -0.39 is 0 Å². The third-order valence-electron chi connectivity index (χ3n) is 3.29. The summed E-state index contributed by atoms with van der Waals surface area (Å²) in [4.78, 5) is 4.37. The smallest absolute Gasteiger partial charge is 0.193 e. The molecule has 0 spiro atoms. The number of anilines is 1. The third kappa shape index (κ3) is 4.91. The largest absolute Gasteiger partial charge is 0.493 e. The highest BCUT2D eigenvalue weighted by molar-refractivity contribution is 5.92. The predicted octanol–water partition coefficient (Wildman–Crippen LogP) is 1.96. The van der Waals surface area contributed by atoms with Crippen LogP contribution in [0.25, 0.3) is 0 Å². The average Bonchev–Trinajstić information content (AvgIpc) is 3.05. The van der Waals surface area contributed by atoms with Gasteiger partial charge in [0.25, 0.3) is 0 Å². The highest BCUT2D eigenvalue weighted by atomic mass is 16.5. The molecule has 0 saturated heterocycles. The van der Waals surface area contributed by atoms with E-state index in [0.717, 1.165) is 12.2 Å². The van der Waals surface area contributed by atoms with E-state index in [-0.39, 0.29) is 0 Å². The molecule has 1 atom stereocenters. The first kappa shape index (κ1) is 16.7. The lowest BCUT2D eigenvalue weighted by Crippen LogP contribution is -2.24. The maximum absolute atomic E-state index is 5.93. The summed E-state index contributed by atoms with van der Waals surface area (Å²) in [6.07, 6.45) is 3.70. The average molecular weight is 317 g/mol. The Bertz CT molecular complexity index is 640. The van der Waals surface area contributed by atoms with Gasteiger partial charge in [-0.3, -0.25) is 9.67 Å². The molecule has 1 aromatic heterocycles. The number of nitrogens with one attached hydrogen (secondary N) is 1. The molecule has 0 aliphatic carbocycles. The number of aromatic nitrogens is 2. The number of rotatable bonds is 7. The molecule has 0 saturated carbocycles. The van der Waals surface area contributed by atoms with Crippen LogP contribution in [-0.4, -0.2) is 36.5 Å². The molecule has 7 nitrogen and oxygen atoms in total. The first-order chi connectivity index (χ1) is 11.1. The maximum Gasteiger partial charge on any atom is 0.193 e. The Balaban J connectivity index is 1.91. The quantitative estimate of drug-likeness (QED) is 0.602. The minimum atomic E-state index is 0.334. The molecule has 0 fully saturated rings. The van der Waals surface area contributed by atoms with Crippen molar-refractivity contribution in [3.05, 3.63) is 36.7 Å². The number of benzene rings is 1. The second-order valence-electron chi connectivity index (χ2n) is 5.25. The lowest BCUT2D eigenvalue weighted by molar-refractivity contribution is 0.355. The van der Waals surface area contributed by atoms with Crippen molar-refractivity contribution in [1.82, 2.24) is 9.78 Å². The normalized spacial score (nSPS) is 12.7. The van der Waals surface area contributed by atoms with Crippen LogP contribution in [0.1, 0.15) is 6.92 Å². The molecule has 2 aromatic rings. The summed E-state index contributed by atoms with van der Waals surface area (Å²) in [7, 11) is 3.19. The molecule has 0 aliphatic rings. The minimum absolute atomic E-state index is 0.334. The molecule has 0 aliphatic heterocycles. The van der Waals surface area contributed by atoms with E-state index in [1.807, 2.05) is 35.1 Å². The van der Waals surface area contributed by atoms with Crippen molar-refractivity contribution in [2.24, 2.45) is 16.6 Å². The van der Waals surface area contributed by atoms with Crippen molar-refractivity contribution in [3.63, 3.8) is 0 Å². The Kier molecular flexibility index (Phi) is 5.85. The number of nitrogens with two attached hydrogens (primary N) is 1. The molecule has 2 rings (SSSR count). The van der Waals surface area contributed by atoms with Gasteiger partial charge in [-0.1, -0.05) is 6.92 Å². The molecule has 1 aromatic carbocycles. The molecule has 1 heterocycles. The van der Waals surface area contributed by atoms with Crippen LogP contribution in [0, 0.1) is 5.92 Å². The number of hydrogen-bond acceptors (Lipinski definition) is 4. The van der Waals surface area contributed by atoms with E-state index in [9.17, 15) is 0 Å². The first-order valence-corrected chi connectivity index (χ1v) is 7.38. The molecular weight excluding hydrogens is 294 g/mol. The highest BCUT2D eigenvalue weighted by Crippen LogP contribution is 2.29. The Morgan fingerprint density at radius 3 is 2.78 bits per heavy atom. The molecule has 3 N–H and O–H groups in total. The standard InChI is InChI=1S/C16H23N5O2/c1-12(11-21-8-4-7-19-21)10-18-16(17)20-13-5-6-14(22-2)15(9-13)23-3/h4-9,12H,10-11H2,1-3H3,(H3,17,18,20). The van der Waals surface area contributed by atoms with Gasteiger partial charge in [-0.2, -0.15) is 5.10 Å². The van der Waals surface area contributed by atoms with Gasteiger partial charge in [-0.15, -0.1) is 0 Å². The second-order valence-corrected chi connectivity index (χ2v) is 5.25. The molecular formula is C16H23N5O2. The van der Waals surface area contributed by atoms with Crippen LogP contribution in [0.2, 0.25) is 0 Å².